The van der Waals surface area contributed by atoms with Crippen LogP contribution in [0.1, 0.15) is 6.42 Å². The van der Waals surface area contributed by atoms with Crippen molar-refractivity contribution in [1.82, 2.24) is 5.32 Å². The summed E-state index contributed by atoms with van der Waals surface area (Å²) < 4.78 is 0. The van der Waals surface area contributed by atoms with E-state index in [1.165, 1.54) is 0 Å². The molecule has 0 radical (unpaired) electrons. The van der Waals surface area contributed by atoms with Crippen LogP contribution in [0, 0.1) is 0 Å². The van der Waals surface area contributed by atoms with Crippen molar-refractivity contribution in [2.75, 3.05) is 13.7 Å². The fourth-order valence-corrected chi connectivity index (χ4v) is 0.526. The summed E-state index contributed by atoms with van der Waals surface area (Å²) in [6.45, 7) is 0.714. The lowest BCUT2D eigenvalue weighted by atomic mass is 10.4. The Bertz CT molecular complexity index is 51.7. The Morgan fingerprint density at radius 3 is 2.86 bits per heavy atom. The molecule has 3 heteroatoms. The van der Waals surface area contributed by atoms with Crippen LogP contribution in [0.3, 0.4) is 0 Å². The van der Waals surface area contributed by atoms with Gasteiger partial charge in [0.25, 0.3) is 0 Å². The van der Waals surface area contributed by atoms with Gasteiger partial charge in [-0.3, -0.25) is 5.32 Å². The molecule has 1 saturated heterocycles. The first-order valence-corrected chi connectivity index (χ1v) is 2.39. The Kier molecular flexibility index (Phi) is 1.62. The van der Waals surface area contributed by atoms with Gasteiger partial charge in [-0.05, 0) is 7.05 Å². The SMILES string of the molecule is CNC1CCOO1. The molecule has 1 aliphatic rings. The van der Waals surface area contributed by atoms with E-state index in [4.69, 9.17) is 4.89 Å². The molecule has 0 bridgehead atoms. The van der Waals surface area contributed by atoms with Gasteiger partial charge in [0.15, 0.2) is 0 Å². The first-order chi connectivity index (χ1) is 3.43. The van der Waals surface area contributed by atoms with Crippen molar-refractivity contribution in [3.63, 3.8) is 0 Å². The van der Waals surface area contributed by atoms with Gasteiger partial charge in [-0.25, -0.2) is 9.78 Å². The molecule has 1 heterocycles. The maximum absolute atomic E-state index is 4.69. The summed E-state index contributed by atoms with van der Waals surface area (Å²) in [5, 5.41) is 2.92. The monoisotopic (exact) mass is 103 g/mol. The summed E-state index contributed by atoms with van der Waals surface area (Å²) in [5.41, 5.74) is 0. The van der Waals surface area contributed by atoms with Gasteiger partial charge in [0.2, 0.25) is 0 Å². The highest BCUT2D eigenvalue weighted by Crippen LogP contribution is 2.03. The van der Waals surface area contributed by atoms with E-state index in [-0.39, 0.29) is 6.23 Å². The quantitative estimate of drug-likeness (QED) is 0.469. The minimum atomic E-state index is 0.125. The third-order valence-corrected chi connectivity index (χ3v) is 0.970. The van der Waals surface area contributed by atoms with Gasteiger partial charge < -0.3 is 0 Å². The Balaban J connectivity index is 2.14. The van der Waals surface area contributed by atoms with E-state index in [1.54, 1.807) is 0 Å². The molecule has 0 aromatic heterocycles. The van der Waals surface area contributed by atoms with Gasteiger partial charge in [0, 0.05) is 6.42 Å². The van der Waals surface area contributed by atoms with Gasteiger partial charge in [-0.1, -0.05) is 0 Å². The smallest absolute Gasteiger partial charge is 0.145 e. The standard InChI is InChI=1S/C4H9NO2/c1-5-4-2-3-6-7-4/h4-5H,2-3H2,1H3. The van der Waals surface area contributed by atoms with Crippen molar-refractivity contribution < 1.29 is 9.78 Å². The van der Waals surface area contributed by atoms with E-state index in [0.717, 1.165) is 6.42 Å². The summed E-state index contributed by atoms with van der Waals surface area (Å²) in [5.74, 6) is 0. The second-order valence-corrected chi connectivity index (χ2v) is 1.48. The lowest BCUT2D eigenvalue weighted by Crippen LogP contribution is -2.22. The Hall–Kier alpha value is -0.120. The van der Waals surface area contributed by atoms with E-state index in [1.807, 2.05) is 7.05 Å². The van der Waals surface area contributed by atoms with Crippen LogP contribution in [0.2, 0.25) is 0 Å². The molecule has 1 atom stereocenters. The summed E-state index contributed by atoms with van der Waals surface area (Å²) in [6, 6.07) is 0. The summed E-state index contributed by atoms with van der Waals surface area (Å²) >= 11 is 0. The molecule has 1 unspecified atom stereocenters. The molecular weight excluding hydrogens is 94.0 g/mol. The molecule has 1 aliphatic heterocycles. The van der Waals surface area contributed by atoms with Gasteiger partial charge in [0.1, 0.15) is 6.23 Å². The molecule has 3 nitrogen and oxygen atoms in total. The Labute approximate surface area is 42.5 Å². The molecule has 0 aromatic carbocycles. The van der Waals surface area contributed by atoms with Crippen LogP contribution in [0.4, 0.5) is 0 Å². The molecule has 7 heavy (non-hydrogen) atoms. The van der Waals surface area contributed by atoms with E-state index in [2.05, 4.69) is 10.2 Å². The molecule has 1 N–H and O–H groups in total. The predicted molar refractivity (Wildman–Crippen MR) is 24.5 cm³/mol. The van der Waals surface area contributed by atoms with Crippen molar-refractivity contribution in [2.45, 2.75) is 12.6 Å². The van der Waals surface area contributed by atoms with Gasteiger partial charge in [0.05, 0.1) is 6.61 Å². The van der Waals surface area contributed by atoms with E-state index in [0.29, 0.717) is 6.61 Å². The molecule has 1 rings (SSSR count). The number of rotatable bonds is 1. The molecular formula is C4H9NO2. The van der Waals surface area contributed by atoms with Crippen LogP contribution in [0.5, 0.6) is 0 Å². The molecule has 1 fully saturated rings. The molecule has 0 aliphatic carbocycles. The lowest BCUT2D eigenvalue weighted by molar-refractivity contribution is -0.278. The summed E-state index contributed by atoms with van der Waals surface area (Å²) in [4.78, 5) is 9.28. The van der Waals surface area contributed by atoms with Gasteiger partial charge in [-0.2, -0.15) is 0 Å². The molecule has 0 saturated carbocycles. The molecule has 42 valence electrons. The zero-order valence-corrected chi connectivity index (χ0v) is 4.31. The highest BCUT2D eigenvalue weighted by molar-refractivity contribution is 4.50. The first-order valence-electron chi connectivity index (χ1n) is 2.39. The van der Waals surface area contributed by atoms with Crippen molar-refractivity contribution in [3.05, 3.63) is 0 Å². The van der Waals surface area contributed by atoms with E-state index in [9.17, 15) is 0 Å². The van der Waals surface area contributed by atoms with Crippen LogP contribution in [-0.4, -0.2) is 19.9 Å². The average molecular weight is 103 g/mol. The molecule has 0 spiro atoms. The number of nitrogens with one attached hydrogen (secondary N) is 1. The van der Waals surface area contributed by atoms with Crippen molar-refractivity contribution in [3.8, 4) is 0 Å². The fourth-order valence-electron chi connectivity index (χ4n) is 0.526. The van der Waals surface area contributed by atoms with E-state index >= 15 is 0 Å². The largest absolute Gasteiger partial charge is 0.292 e. The van der Waals surface area contributed by atoms with Crippen molar-refractivity contribution in [2.24, 2.45) is 0 Å². The maximum atomic E-state index is 4.69. The third-order valence-electron chi connectivity index (χ3n) is 0.970. The van der Waals surface area contributed by atoms with Crippen LogP contribution in [0.15, 0.2) is 0 Å². The fraction of sp³-hybridized carbons (Fsp3) is 1.00. The Morgan fingerprint density at radius 1 is 1.71 bits per heavy atom. The molecule has 0 aromatic rings. The zero-order chi connectivity index (χ0) is 5.11. The van der Waals surface area contributed by atoms with E-state index < -0.39 is 0 Å². The van der Waals surface area contributed by atoms with Crippen LogP contribution in [-0.2, 0) is 9.78 Å². The van der Waals surface area contributed by atoms with Crippen molar-refractivity contribution in [1.29, 1.82) is 0 Å². The predicted octanol–water partition coefficient (Wildman–Crippen LogP) is -0.116. The maximum Gasteiger partial charge on any atom is 0.145 e. The van der Waals surface area contributed by atoms with Gasteiger partial charge >= 0.3 is 0 Å². The highest BCUT2D eigenvalue weighted by atomic mass is 17.2. The lowest BCUT2D eigenvalue weighted by Gasteiger charge is -2.00. The zero-order valence-electron chi connectivity index (χ0n) is 4.31. The van der Waals surface area contributed by atoms with Crippen molar-refractivity contribution >= 4 is 0 Å². The van der Waals surface area contributed by atoms with Crippen LogP contribution < -0.4 is 5.32 Å². The third kappa shape index (κ3) is 1.12. The number of hydrogen-bond donors (Lipinski definition) is 1. The minimum absolute atomic E-state index is 0.125. The average Bonchev–Trinajstić information content (AvgIpc) is 2.14. The normalized spacial score (nSPS) is 31.3. The molecule has 0 amide bonds. The minimum Gasteiger partial charge on any atom is -0.292 e. The van der Waals surface area contributed by atoms with Gasteiger partial charge in [-0.15, -0.1) is 0 Å². The van der Waals surface area contributed by atoms with Crippen LogP contribution >= 0.6 is 0 Å². The summed E-state index contributed by atoms with van der Waals surface area (Å²) in [7, 11) is 1.85. The Morgan fingerprint density at radius 2 is 2.57 bits per heavy atom. The second-order valence-electron chi connectivity index (χ2n) is 1.48. The topological polar surface area (TPSA) is 30.5 Å². The number of hydrogen-bond acceptors (Lipinski definition) is 3. The highest BCUT2D eigenvalue weighted by Gasteiger charge is 2.13. The van der Waals surface area contributed by atoms with Crippen LogP contribution in [0.25, 0.3) is 0 Å². The first kappa shape index (κ1) is 5.03. The second kappa shape index (κ2) is 2.26. The summed E-state index contributed by atoms with van der Waals surface area (Å²) in [6.07, 6.45) is 1.08.